The molecule has 1 amide bonds. The van der Waals surface area contributed by atoms with Crippen molar-refractivity contribution >= 4 is 29.4 Å². The molecule has 7 nitrogen and oxygen atoms in total. The van der Waals surface area contributed by atoms with Gasteiger partial charge < -0.3 is 20.0 Å². The zero-order valence-electron chi connectivity index (χ0n) is 15.2. The number of carbonyl (C=O) groups is 2. The molecule has 0 saturated carbocycles. The van der Waals surface area contributed by atoms with Crippen LogP contribution in [0, 0.1) is 0 Å². The number of rotatable bonds is 9. The number of alkyl halides is 1. The molecule has 1 rings (SSSR count). The number of ether oxygens (including phenoxy) is 1. The summed E-state index contributed by atoms with van der Waals surface area (Å²) in [5.74, 6) is -1.05. The van der Waals surface area contributed by atoms with Crippen LogP contribution in [0.1, 0.15) is 39.2 Å². The van der Waals surface area contributed by atoms with Gasteiger partial charge in [0, 0.05) is 0 Å². The van der Waals surface area contributed by atoms with E-state index in [0.717, 1.165) is 5.56 Å². The van der Waals surface area contributed by atoms with Crippen molar-refractivity contribution in [3.63, 3.8) is 0 Å². The summed E-state index contributed by atoms with van der Waals surface area (Å²) < 4.78 is 5.07. The van der Waals surface area contributed by atoms with Crippen LogP contribution in [0.3, 0.4) is 0 Å². The lowest BCUT2D eigenvalue weighted by atomic mass is 10.1. The van der Waals surface area contributed by atoms with E-state index in [9.17, 15) is 14.7 Å². The molecule has 0 aliphatic rings. The van der Waals surface area contributed by atoms with Crippen LogP contribution in [0.5, 0.6) is 0 Å². The van der Waals surface area contributed by atoms with Crippen LogP contribution in [-0.2, 0) is 21.0 Å². The summed E-state index contributed by atoms with van der Waals surface area (Å²) in [4.78, 5) is 28.3. The van der Waals surface area contributed by atoms with Crippen molar-refractivity contribution in [3.8, 4) is 0 Å². The van der Waals surface area contributed by atoms with Gasteiger partial charge in [-0.25, -0.2) is 9.59 Å². The van der Waals surface area contributed by atoms with Crippen molar-refractivity contribution < 1.29 is 24.3 Å². The van der Waals surface area contributed by atoms with Crippen molar-refractivity contribution in [3.05, 3.63) is 35.9 Å². The summed E-state index contributed by atoms with van der Waals surface area (Å²) in [5.41, 5.74) is 0.751. The van der Waals surface area contributed by atoms with Gasteiger partial charge in [0.25, 0.3) is 0 Å². The number of hydrogen-bond acceptors (Lipinski definition) is 5. The highest BCUT2D eigenvalue weighted by atomic mass is 35.5. The van der Waals surface area contributed by atoms with Crippen molar-refractivity contribution in [2.24, 2.45) is 5.16 Å². The molecule has 0 aromatic heterocycles. The van der Waals surface area contributed by atoms with Gasteiger partial charge in [-0.2, -0.15) is 0 Å². The fourth-order valence-corrected chi connectivity index (χ4v) is 2.11. The van der Waals surface area contributed by atoms with Gasteiger partial charge >= 0.3 is 12.1 Å². The largest absolute Gasteiger partial charge is 0.480 e. The summed E-state index contributed by atoms with van der Waals surface area (Å²) in [6.45, 7) is 5.39. The van der Waals surface area contributed by atoms with E-state index in [1.807, 2.05) is 30.3 Å². The van der Waals surface area contributed by atoms with Gasteiger partial charge in [0.15, 0.2) is 0 Å². The van der Waals surface area contributed by atoms with Crippen molar-refractivity contribution in [2.75, 3.05) is 5.88 Å². The third kappa shape index (κ3) is 9.27. The molecule has 1 aromatic carbocycles. The Morgan fingerprint density at radius 3 is 2.46 bits per heavy atom. The maximum Gasteiger partial charge on any atom is 0.408 e. The Balaban J connectivity index is 2.52. The molecular weight excluding hydrogens is 360 g/mol. The Labute approximate surface area is 158 Å². The van der Waals surface area contributed by atoms with E-state index >= 15 is 0 Å². The van der Waals surface area contributed by atoms with E-state index in [4.69, 9.17) is 21.2 Å². The molecule has 0 aliphatic carbocycles. The fourth-order valence-electron chi connectivity index (χ4n) is 1.93. The number of alkyl carbamates (subject to hydrolysis) is 1. The molecule has 1 atom stereocenters. The Morgan fingerprint density at radius 2 is 1.92 bits per heavy atom. The number of carboxylic acid groups (broad SMARTS) is 1. The summed E-state index contributed by atoms with van der Waals surface area (Å²) in [5, 5.41) is 15.5. The first-order chi connectivity index (χ1) is 12.2. The zero-order chi connectivity index (χ0) is 19.6. The van der Waals surface area contributed by atoms with E-state index in [2.05, 4.69) is 10.5 Å². The summed E-state index contributed by atoms with van der Waals surface area (Å²) >= 11 is 5.83. The number of oxime groups is 1. The Bertz CT molecular complexity index is 614. The van der Waals surface area contributed by atoms with Gasteiger partial charge in [0.05, 0.1) is 11.6 Å². The van der Waals surface area contributed by atoms with Crippen LogP contribution in [0.15, 0.2) is 35.5 Å². The van der Waals surface area contributed by atoms with Crippen molar-refractivity contribution in [1.29, 1.82) is 0 Å². The normalized spacial score (nSPS) is 13.0. The Hall–Kier alpha value is -2.28. The third-order valence-corrected chi connectivity index (χ3v) is 3.44. The number of aliphatic carboxylic acids is 1. The van der Waals surface area contributed by atoms with E-state index in [1.165, 1.54) is 0 Å². The summed E-state index contributed by atoms with van der Waals surface area (Å²) in [6, 6.07) is 8.39. The van der Waals surface area contributed by atoms with E-state index in [1.54, 1.807) is 20.8 Å². The first kappa shape index (κ1) is 21.8. The maximum atomic E-state index is 11.7. The quantitative estimate of drug-likeness (QED) is 0.385. The van der Waals surface area contributed by atoms with Gasteiger partial charge in [-0.3, -0.25) is 0 Å². The predicted octanol–water partition coefficient (Wildman–Crippen LogP) is 3.56. The summed E-state index contributed by atoms with van der Waals surface area (Å²) in [7, 11) is 0. The lowest BCUT2D eigenvalue weighted by Crippen LogP contribution is -2.43. The molecular formula is C18H25ClN2O5. The molecule has 1 unspecified atom stereocenters. The smallest absolute Gasteiger partial charge is 0.408 e. The highest BCUT2D eigenvalue weighted by Gasteiger charge is 2.24. The van der Waals surface area contributed by atoms with Crippen molar-refractivity contribution in [2.45, 2.75) is 51.9 Å². The zero-order valence-corrected chi connectivity index (χ0v) is 16.0. The second-order valence-electron chi connectivity index (χ2n) is 6.63. The van der Waals surface area contributed by atoms with E-state index < -0.39 is 23.7 Å². The average molecular weight is 385 g/mol. The Kier molecular flexibility index (Phi) is 8.92. The minimum atomic E-state index is -1.16. The van der Waals surface area contributed by atoms with Gasteiger partial charge in [-0.05, 0) is 39.2 Å². The van der Waals surface area contributed by atoms with Crippen LogP contribution in [0.25, 0.3) is 0 Å². The monoisotopic (exact) mass is 384 g/mol. The first-order valence-corrected chi connectivity index (χ1v) is 8.74. The van der Waals surface area contributed by atoms with Crippen LogP contribution < -0.4 is 5.32 Å². The summed E-state index contributed by atoms with van der Waals surface area (Å²) in [6.07, 6.45) is -0.394. The lowest BCUT2D eigenvalue weighted by molar-refractivity contribution is -0.139. The molecule has 0 spiro atoms. The third-order valence-electron chi connectivity index (χ3n) is 3.13. The number of nitrogens with zero attached hydrogens (tertiary/aromatic N) is 1. The second kappa shape index (κ2) is 10.7. The number of carboxylic acids is 1. The van der Waals surface area contributed by atoms with Gasteiger partial charge in [-0.1, -0.05) is 35.5 Å². The van der Waals surface area contributed by atoms with Crippen LogP contribution >= 0.6 is 11.6 Å². The molecule has 1 aromatic rings. The van der Waals surface area contributed by atoms with Crippen LogP contribution in [0.2, 0.25) is 0 Å². The topological polar surface area (TPSA) is 97.2 Å². The Morgan fingerprint density at radius 1 is 1.27 bits per heavy atom. The van der Waals surface area contributed by atoms with Crippen LogP contribution in [-0.4, -0.2) is 40.4 Å². The number of hydrogen-bond donors (Lipinski definition) is 2. The molecule has 26 heavy (non-hydrogen) atoms. The molecule has 0 bridgehead atoms. The average Bonchev–Trinajstić information content (AvgIpc) is 2.55. The van der Waals surface area contributed by atoms with Gasteiger partial charge in [-0.15, -0.1) is 11.6 Å². The van der Waals surface area contributed by atoms with Gasteiger partial charge in [0.2, 0.25) is 0 Å². The minimum Gasteiger partial charge on any atom is -0.480 e. The standard InChI is InChI=1S/C18H25ClN2O5/c1-18(2,3)26-17(24)20-15(16(22)23)10-9-14(11-19)21-25-12-13-7-5-4-6-8-13/h4-8,15H,9-12H2,1-3H3,(H,20,24)(H,22,23)/b21-14-. The second-order valence-corrected chi connectivity index (χ2v) is 6.89. The fraction of sp³-hybridized carbons (Fsp3) is 0.500. The van der Waals surface area contributed by atoms with Crippen LogP contribution in [0.4, 0.5) is 4.79 Å². The molecule has 144 valence electrons. The molecule has 0 aliphatic heterocycles. The number of benzene rings is 1. The van der Waals surface area contributed by atoms with Gasteiger partial charge in [0.1, 0.15) is 18.2 Å². The first-order valence-electron chi connectivity index (χ1n) is 8.21. The predicted molar refractivity (Wildman–Crippen MR) is 99.4 cm³/mol. The number of halogens is 1. The lowest BCUT2D eigenvalue weighted by Gasteiger charge is -2.22. The molecule has 0 heterocycles. The SMILES string of the molecule is CC(C)(C)OC(=O)NC(CC/C(CCl)=N/OCc1ccccc1)C(=O)O. The van der Waals surface area contributed by atoms with Crippen molar-refractivity contribution in [1.82, 2.24) is 5.32 Å². The number of carbonyl (C=O) groups excluding carboxylic acids is 1. The highest BCUT2D eigenvalue weighted by Crippen LogP contribution is 2.09. The minimum absolute atomic E-state index is 0.105. The maximum absolute atomic E-state index is 11.7. The van der Waals surface area contributed by atoms with E-state index in [0.29, 0.717) is 12.3 Å². The molecule has 8 heteroatoms. The molecule has 0 radical (unpaired) electrons. The molecule has 2 N–H and O–H groups in total. The molecule has 0 saturated heterocycles. The highest BCUT2D eigenvalue weighted by molar-refractivity contribution is 6.28. The molecule has 0 fully saturated rings. The van der Waals surface area contributed by atoms with E-state index in [-0.39, 0.29) is 18.7 Å². The number of nitrogens with one attached hydrogen (secondary N) is 1. The number of amides is 1.